The summed E-state index contributed by atoms with van der Waals surface area (Å²) in [6, 6.07) is 22.3. The largest absolute Gasteiger partial charge is 0.497 e. The molecule has 258 valence electrons. The summed E-state index contributed by atoms with van der Waals surface area (Å²) in [5, 5.41) is 15.2. The van der Waals surface area contributed by atoms with Crippen molar-refractivity contribution in [2.75, 3.05) is 24.5 Å². The maximum Gasteiger partial charge on any atom is 0.273 e. The number of benzene rings is 4. The summed E-state index contributed by atoms with van der Waals surface area (Å²) >= 11 is 12.7. The smallest absolute Gasteiger partial charge is 0.273 e. The van der Waals surface area contributed by atoms with E-state index in [1.165, 1.54) is 61.4 Å². The van der Waals surface area contributed by atoms with Crippen molar-refractivity contribution < 1.29 is 27.7 Å². The van der Waals surface area contributed by atoms with Crippen LogP contribution in [0.1, 0.15) is 30.0 Å². The fourth-order valence-corrected chi connectivity index (χ4v) is 7.01. The van der Waals surface area contributed by atoms with Gasteiger partial charge in [0.2, 0.25) is 11.8 Å². The number of nitrogens with zero attached hydrogens (tertiary/aromatic N) is 3. The first kappa shape index (κ1) is 37.2. The van der Waals surface area contributed by atoms with Crippen LogP contribution in [0.4, 0.5) is 11.4 Å². The molecule has 0 spiro atoms. The molecule has 0 bridgehead atoms. The van der Waals surface area contributed by atoms with E-state index in [-0.39, 0.29) is 34.1 Å². The summed E-state index contributed by atoms with van der Waals surface area (Å²) < 4.78 is 34.7. The van der Waals surface area contributed by atoms with Crippen LogP contribution in [0, 0.1) is 17.0 Å². The molecule has 0 aliphatic rings. The van der Waals surface area contributed by atoms with Crippen molar-refractivity contribution in [1.82, 2.24) is 10.2 Å². The van der Waals surface area contributed by atoms with Crippen LogP contribution < -0.4 is 14.4 Å². The van der Waals surface area contributed by atoms with E-state index in [1.54, 1.807) is 12.1 Å². The average Bonchev–Trinajstić information content (AvgIpc) is 3.08. The molecule has 0 saturated heterocycles. The Hall–Kier alpha value is -4.65. The number of sulfonamides is 1. The van der Waals surface area contributed by atoms with E-state index < -0.39 is 45.0 Å². The Morgan fingerprint density at radius 2 is 1.67 bits per heavy atom. The summed E-state index contributed by atoms with van der Waals surface area (Å²) in [4.78, 5) is 40.4. The first-order valence-corrected chi connectivity index (χ1v) is 17.5. The second-order valence-corrected chi connectivity index (χ2v) is 13.9. The first-order chi connectivity index (χ1) is 23.3. The zero-order chi connectivity index (χ0) is 35.7. The molecule has 11 nitrogen and oxygen atoms in total. The molecule has 2 amide bonds. The fraction of sp³-hybridized carbons (Fsp3) is 0.257. The summed E-state index contributed by atoms with van der Waals surface area (Å²) in [5.41, 5.74) is 1.22. The predicted octanol–water partition coefficient (Wildman–Crippen LogP) is 6.58. The van der Waals surface area contributed by atoms with E-state index in [1.807, 2.05) is 37.3 Å². The lowest BCUT2D eigenvalue weighted by Gasteiger charge is -2.34. The maximum atomic E-state index is 14.6. The van der Waals surface area contributed by atoms with Crippen molar-refractivity contribution in [2.24, 2.45) is 0 Å². The molecule has 1 unspecified atom stereocenters. The van der Waals surface area contributed by atoms with Crippen molar-refractivity contribution in [3.05, 3.63) is 128 Å². The number of nitro benzene ring substituents is 1. The molecule has 49 heavy (non-hydrogen) atoms. The number of anilines is 1. The van der Waals surface area contributed by atoms with Crippen molar-refractivity contribution in [3.63, 3.8) is 0 Å². The van der Waals surface area contributed by atoms with E-state index >= 15 is 0 Å². The third-order valence-electron chi connectivity index (χ3n) is 7.78. The molecule has 0 saturated carbocycles. The Kier molecular flexibility index (Phi) is 12.6. The van der Waals surface area contributed by atoms with Gasteiger partial charge in [0.1, 0.15) is 18.3 Å². The summed E-state index contributed by atoms with van der Waals surface area (Å²) in [7, 11) is -3.13. The van der Waals surface area contributed by atoms with Gasteiger partial charge in [0, 0.05) is 41.2 Å². The molecule has 4 aromatic rings. The van der Waals surface area contributed by atoms with Crippen LogP contribution in [-0.4, -0.2) is 56.3 Å². The third-order valence-corrected chi connectivity index (χ3v) is 10.1. The van der Waals surface area contributed by atoms with Gasteiger partial charge in [-0.2, -0.15) is 0 Å². The molecule has 1 atom stereocenters. The highest BCUT2D eigenvalue weighted by atomic mass is 35.5. The molecule has 0 heterocycles. The van der Waals surface area contributed by atoms with E-state index in [9.17, 15) is 28.1 Å². The number of rotatable bonds is 15. The number of amides is 2. The molecule has 4 aromatic carbocycles. The highest BCUT2D eigenvalue weighted by Gasteiger charge is 2.35. The zero-order valence-corrected chi connectivity index (χ0v) is 29.5. The second kappa shape index (κ2) is 16.6. The fourth-order valence-electron chi connectivity index (χ4n) is 5.10. The molecule has 1 N–H and O–H groups in total. The number of aryl methyl sites for hydroxylation is 1. The lowest BCUT2D eigenvalue weighted by Crippen LogP contribution is -2.53. The van der Waals surface area contributed by atoms with Gasteiger partial charge in [0.05, 0.1) is 22.6 Å². The normalized spacial score (nSPS) is 11.8. The van der Waals surface area contributed by atoms with Gasteiger partial charge in [-0.3, -0.25) is 24.0 Å². The van der Waals surface area contributed by atoms with E-state index in [4.69, 9.17) is 27.9 Å². The Balaban J connectivity index is 1.85. The highest BCUT2D eigenvalue weighted by Crippen LogP contribution is 2.30. The van der Waals surface area contributed by atoms with Gasteiger partial charge in [-0.25, -0.2) is 8.42 Å². The summed E-state index contributed by atoms with van der Waals surface area (Å²) in [6.45, 7) is 2.84. The highest BCUT2D eigenvalue weighted by molar-refractivity contribution is 7.92. The summed E-state index contributed by atoms with van der Waals surface area (Å²) in [6.07, 6.45) is 0.764. The zero-order valence-electron chi connectivity index (χ0n) is 27.1. The number of hydrogen-bond acceptors (Lipinski definition) is 7. The molecule has 0 aromatic heterocycles. The maximum absolute atomic E-state index is 14.6. The van der Waals surface area contributed by atoms with E-state index in [0.29, 0.717) is 29.3 Å². The Morgan fingerprint density at radius 3 is 2.29 bits per heavy atom. The van der Waals surface area contributed by atoms with Gasteiger partial charge in [0.15, 0.2) is 0 Å². The number of carbonyl (C=O) groups excluding carboxylic acids is 2. The number of halogens is 2. The molecule has 0 aliphatic carbocycles. The summed E-state index contributed by atoms with van der Waals surface area (Å²) in [5.74, 6) is -0.718. The predicted molar refractivity (Wildman–Crippen MR) is 190 cm³/mol. The van der Waals surface area contributed by atoms with Gasteiger partial charge in [-0.15, -0.1) is 0 Å². The minimum Gasteiger partial charge on any atom is -0.497 e. The van der Waals surface area contributed by atoms with Gasteiger partial charge in [-0.05, 0) is 66.9 Å². The van der Waals surface area contributed by atoms with Crippen molar-refractivity contribution >= 4 is 56.4 Å². The quantitative estimate of drug-likeness (QED) is 0.108. The average molecular weight is 728 g/mol. The molecule has 0 aliphatic heterocycles. The topological polar surface area (TPSA) is 139 Å². The number of hydrogen-bond donors (Lipinski definition) is 1. The standard InChI is InChI=1S/C35H36Cl2N4O7S/c1-4-18-38-35(43)33(19-25-8-6-5-7-9-25)39(22-26-11-12-27(36)20-31(26)37)34(42)23-40(28-13-15-29(48-3)16-14-28)49(46,47)30-17-10-24(2)32(21-30)41(44)45/h5-17,20-21,33H,4,18-19,22-23H2,1-3H3,(H,38,43). The minimum absolute atomic E-state index is 0.0943. The molecule has 0 radical (unpaired) electrons. The Morgan fingerprint density at radius 1 is 0.980 bits per heavy atom. The SMILES string of the molecule is CCCNC(=O)C(Cc1ccccc1)N(Cc1ccc(Cl)cc1Cl)C(=O)CN(c1ccc(OC)cc1)S(=O)(=O)c1ccc(C)c([N+](=O)[O-])c1. The second-order valence-electron chi connectivity index (χ2n) is 11.2. The first-order valence-electron chi connectivity index (χ1n) is 15.3. The number of ether oxygens (including phenoxy) is 1. The Labute approximate surface area is 295 Å². The number of carbonyl (C=O) groups is 2. The molecule has 4 rings (SSSR count). The molecular formula is C35H36Cl2N4O7S. The van der Waals surface area contributed by atoms with Gasteiger partial charge in [0.25, 0.3) is 15.7 Å². The van der Waals surface area contributed by atoms with Crippen LogP contribution in [0.15, 0.2) is 95.9 Å². The van der Waals surface area contributed by atoms with Crippen LogP contribution in [0.5, 0.6) is 5.75 Å². The van der Waals surface area contributed by atoms with Crippen LogP contribution >= 0.6 is 23.2 Å². The minimum atomic E-state index is -4.58. The van der Waals surface area contributed by atoms with E-state index in [0.717, 1.165) is 15.9 Å². The van der Waals surface area contributed by atoms with Crippen LogP contribution in [-0.2, 0) is 32.6 Å². The molecule has 0 fully saturated rings. The van der Waals surface area contributed by atoms with Crippen molar-refractivity contribution in [2.45, 2.75) is 44.2 Å². The van der Waals surface area contributed by atoms with Gasteiger partial charge in [-0.1, -0.05) is 72.6 Å². The van der Waals surface area contributed by atoms with Gasteiger partial charge >= 0.3 is 0 Å². The number of nitrogens with one attached hydrogen (secondary N) is 1. The van der Waals surface area contributed by atoms with Crippen LogP contribution in [0.3, 0.4) is 0 Å². The Bertz CT molecular complexity index is 1910. The van der Waals surface area contributed by atoms with Gasteiger partial charge < -0.3 is 15.0 Å². The number of nitro groups is 1. The van der Waals surface area contributed by atoms with Crippen molar-refractivity contribution in [3.8, 4) is 5.75 Å². The van der Waals surface area contributed by atoms with Crippen LogP contribution in [0.2, 0.25) is 10.0 Å². The van der Waals surface area contributed by atoms with Crippen LogP contribution in [0.25, 0.3) is 0 Å². The third kappa shape index (κ3) is 9.28. The monoisotopic (exact) mass is 726 g/mol. The van der Waals surface area contributed by atoms with Crippen molar-refractivity contribution in [1.29, 1.82) is 0 Å². The van der Waals surface area contributed by atoms with E-state index in [2.05, 4.69) is 5.32 Å². The molecule has 14 heteroatoms. The number of methoxy groups -OCH3 is 1. The lowest BCUT2D eigenvalue weighted by molar-refractivity contribution is -0.385. The lowest BCUT2D eigenvalue weighted by atomic mass is 10.0. The molecular weight excluding hydrogens is 691 g/mol.